The first-order chi connectivity index (χ1) is 9.50. The fourth-order valence-electron chi connectivity index (χ4n) is 2.24. The van der Waals surface area contributed by atoms with Gasteiger partial charge in [-0.1, -0.05) is 12.1 Å². The van der Waals surface area contributed by atoms with Crippen LogP contribution in [-0.4, -0.2) is 18.3 Å². The van der Waals surface area contributed by atoms with Crippen molar-refractivity contribution < 1.29 is 31.1 Å². The van der Waals surface area contributed by atoms with Crippen molar-refractivity contribution >= 4 is 11.6 Å². The molecule has 1 aliphatic heterocycles. The number of hydrogen-bond donors (Lipinski definition) is 2. The molecule has 1 aliphatic rings. The summed E-state index contributed by atoms with van der Waals surface area (Å²) >= 11 is 0. The summed E-state index contributed by atoms with van der Waals surface area (Å²) in [7, 11) is 0. The minimum absolute atomic E-state index is 0.0986. The van der Waals surface area contributed by atoms with Crippen LogP contribution in [0.5, 0.6) is 0 Å². The summed E-state index contributed by atoms with van der Waals surface area (Å²) in [6.45, 7) is 0. The molecule has 1 aromatic rings. The predicted molar refractivity (Wildman–Crippen MR) is 61.3 cm³/mol. The fraction of sp³-hybridized carbons (Fsp3) is 0.417. The van der Waals surface area contributed by atoms with E-state index >= 15 is 0 Å². The number of nitrogens with one attached hydrogen (secondary N) is 1. The molecule has 0 spiro atoms. The molecule has 0 saturated heterocycles. The van der Waals surface area contributed by atoms with E-state index in [9.17, 15) is 31.1 Å². The lowest BCUT2D eigenvalue weighted by molar-refractivity contribution is -0.290. The van der Waals surface area contributed by atoms with E-state index in [0.29, 0.717) is 11.3 Å². The molecule has 3 N–H and O–H groups in total. The molecule has 0 radical (unpaired) electrons. The second kappa shape index (κ2) is 4.90. The fourth-order valence-corrected chi connectivity index (χ4v) is 2.24. The van der Waals surface area contributed by atoms with Gasteiger partial charge in [0, 0.05) is 5.69 Å². The molecule has 1 amide bonds. The highest BCUT2D eigenvalue weighted by Crippen LogP contribution is 2.45. The van der Waals surface area contributed by atoms with E-state index in [2.05, 4.69) is 5.32 Å². The second-order valence-corrected chi connectivity index (χ2v) is 4.73. The average Bonchev–Trinajstić information content (AvgIpc) is 2.63. The molecule has 3 nitrogen and oxygen atoms in total. The summed E-state index contributed by atoms with van der Waals surface area (Å²) in [6, 6.07) is 1.12. The van der Waals surface area contributed by atoms with Crippen LogP contribution in [0.1, 0.15) is 17.2 Å². The van der Waals surface area contributed by atoms with Gasteiger partial charge in [-0.25, -0.2) is 0 Å². The van der Waals surface area contributed by atoms with Gasteiger partial charge in [0.15, 0.2) is 5.92 Å². The van der Waals surface area contributed by atoms with Crippen LogP contribution in [0, 0.1) is 5.92 Å². The molecule has 0 bridgehead atoms. The first kappa shape index (κ1) is 15.6. The number of benzene rings is 1. The number of rotatable bonds is 2. The summed E-state index contributed by atoms with van der Waals surface area (Å²) in [6.07, 6.45) is -11.1. The number of fused-ring (bicyclic) bond motifs is 1. The molecule has 0 aliphatic carbocycles. The number of nitrogens with two attached hydrogens (primary N) is 1. The Morgan fingerprint density at radius 3 is 2.19 bits per heavy atom. The Kier molecular flexibility index (Phi) is 3.64. The molecule has 2 rings (SSSR count). The van der Waals surface area contributed by atoms with Crippen LogP contribution in [0.3, 0.4) is 0 Å². The van der Waals surface area contributed by atoms with E-state index in [1.807, 2.05) is 0 Å². The third-order valence-corrected chi connectivity index (χ3v) is 3.20. The van der Waals surface area contributed by atoms with E-state index in [-0.39, 0.29) is 17.9 Å². The van der Waals surface area contributed by atoms with E-state index < -0.39 is 24.3 Å². The van der Waals surface area contributed by atoms with Crippen LogP contribution in [0.15, 0.2) is 18.2 Å². The lowest BCUT2D eigenvalue weighted by Gasteiger charge is -2.28. The third kappa shape index (κ3) is 3.12. The SMILES string of the molecule is NC(c1ccc2c(c1)CC(=O)N2)C(C(F)(F)F)C(F)(F)F. The average molecular weight is 312 g/mol. The van der Waals surface area contributed by atoms with Crippen molar-refractivity contribution in [1.82, 2.24) is 0 Å². The van der Waals surface area contributed by atoms with Gasteiger partial charge in [0.2, 0.25) is 5.91 Å². The van der Waals surface area contributed by atoms with Crippen molar-refractivity contribution in [2.75, 3.05) is 5.32 Å². The zero-order valence-electron chi connectivity index (χ0n) is 10.3. The van der Waals surface area contributed by atoms with Gasteiger partial charge in [0.1, 0.15) is 0 Å². The van der Waals surface area contributed by atoms with E-state index in [0.717, 1.165) is 12.1 Å². The molecular weight excluding hydrogens is 302 g/mol. The van der Waals surface area contributed by atoms with Gasteiger partial charge in [-0.05, 0) is 17.2 Å². The number of alkyl halides is 6. The van der Waals surface area contributed by atoms with Gasteiger partial charge in [0.25, 0.3) is 0 Å². The van der Waals surface area contributed by atoms with E-state index in [4.69, 9.17) is 5.73 Å². The zero-order chi connectivity index (χ0) is 16.0. The summed E-state index contributed by atoms with van der Waals surface area (Å²) in [5, 5.41) is 2.43. The molecule has 116 valence electrons. The topological polar surface area (TPSA) is 55.1 Å². The normalized spacial score (nSPS) is 16.9. The molecule has 1 heterocycles. The van der Waals surface area contributed by atoms with Crippen LogP contribution in [0.25, 0.3) is 0 Å². The monoisotopic (exact) mass is 312 g/mol. The van der Waals surface area contributed by atoms with E-state index in [1.54, 1.807) is 0 Å². The smallest absolute Gasteiger partial charge is 0.326 e. The van der Waals surface area contributed by atoms with Crippen LogP contribution in [0.2, 0.25) is 0 Å². The third-order valence-electron chi connectivity index (χ3n) is 3.20. The van der Waals surface area contributed by atoms with Gasteiger partial charge in [-0.3, -0.25) is 4.79 Å². The number of anilines is 1. The maximum atomic E-state index is 12.6. The molecule has 0 saturated carbocycles. The van der Waals surface area contributed by atoms with Crippen LogP contribution >= 0.6 is 0 Å². The molecule has 1 unspecified atom stereocenters. The summed E-state index contributed by atoms with van der Waals surface area (Å²) in [5.41, 5.74) is 5.58. The van der Waals surface area contributed by atoms with Crippen molar-refractivity contribution in [2.45, 2.75) is 24.8 Å². The van der Waals surface area contributed by atoms with Gasteiger partial charge in [0.05, 0.1) is 12.5 Å². The predicted octanol–water partition coefficient (Wildman–Crippen LogP) is 2.92. The number of carbonyl (C=O) groups is 1. The van der Waals surface area contributed by atoms with Crippen molar-refractivity contribution in [1.29, 1.82) is 0 Å². The van der Waals surface area contributed by atoms with Gasteiger partial charge in [-0.15, -0.1) is 0 Å². The minimum Gasteiger partial charge on any atom is -0.326 e. The first-order valence-corrected chi connectivity index (χ1v) is 5.82. The largest absolute Gasteiger partial charge is 0.402 e. The first-order valence-electron chi connectivity index (χ1n) is 5.82. The molecule has 0 aromatic heterocycles. The number of halogens is 6. The lowest BCUT2D eigenvalue weighted by atomic mass is 9.91. The molecule has 1 aromatic carbocycles. The summed E-state index contributed by atoms with van der Waals surface area (Å²) in [5.74, 6) is -4.04. The number of carbonyl (C=O) groups excluding carboxylic acids is 1. The van der Waals surface area contributed by atoms with E-state index in [1.165, 1.54) is 6.07 Å². The Bertz CT molecular complexity index is 552. The zero-order valence-corrected chi connectivity index (χ0v) is 10.3. The Morgan fingerprint density at radius 1 is 1.10 bits per heavy atom. The van der Waals surface area contributed by atoms with Crippen molar-refractivity contribution in [2.24, 2.45) is 11.7 Å². The molecule has 0 fully saturated rings. The van der Waals surface area contributed by atoms with Crippen LogP contribution in [-0.2, 0) is 11.2 Å². The number of hydrogen-bond acceptors (Lipinski definition) is 2. The highest BCUT2D eigenvalue weighted by Gasteiger charge is 2.59. The Labute approximate surface area is 115 Å². The van der Waals surface area contributed by atoms with Gasteiger partial charge < -0.3 is 11.1 Å². The van der Waals surface area contributed by atoms with Crippen LogP contribution in [0.4, 0.5) is 32.0 Å². The number of amides is 1. The summed E-state index contributed by atoms with van der Waals surface area (Å²) in [4.78, 5) is 11.1. The second-order valence-electron chi connectivity index (χ2n) is 4.73. The molecule has 9 heteroatoms. The van der Waals surface area contributed by atoms with Crippen LogP contribution < -0.4 is 11.1 Å². The standard InChI is InChI=1S/C12H10F6N2O/c13-11(14,15)10(12(16,17)18)9(19)5-1-2-7-6(3-5)4-8(21)20-7/h1-3,9-10H,4,19H2,(H,20,21). The Hall–Kier alpha value is -1.77. The van der Waals surface area contributed by atoms with Gasteiger partial charge in [-0.2, -0.15) is 26.3 Å². The maximum Gasteiger partial charge on any atom is 0.402 e. The van der Waals surface area contributed by atoms with Crippen molar-refractivity contribution in [3.05, 3.63) is 29.3 Å². The highest BCUT2D eigenvalue weighted by atomic mass is 19.4. The summed E-state index contributed by atoms with van der Waals surface area (Å²) < 4.78 is 75.7. The maximum absolute atomic E-state index is 12.6. The Balaban J connectivity index is 2.37. The van der Waals surface area contributed by atoms with Crippen molar-refractivity contribution in [3.63, 3.8) is 0 Å². The Morgan fingerprint density at radius 2 is 1.67 bits per heavy atom. The minimum atomic E-state index is -5.51. The lowest BCUT2D eigenvalue weighted by Crippen LogP contribution is -2.44. The van der Waals surface area contributed by atoms with Crippen molar-refractivity contribution in [3.8, 4) is 0 Å². The molecular formula is C12H10F6N2O. The van der Waals surface area contributed by atoms with Gasteiger partial charge >= 0.3 is 12.4 Å². The quantitative estimate of drug-likeness (QED) is 0.825. The molecule has 1 atom stereocenters. The molecule has 21 heavy (non-hydrogen) atoms. The highest BCUT2D eigenvalue weighted by molar-refractivity contribution is 5.99.